The summed E-state index contributed by atoms with van der Waals surface area (Å²) in [6.07, 6.45) is 5.11. The zero-order chi connectivity index (χ0) is 30.0. The first-order valence-corrected chi connectivity index (χ1v) is 14.9. The van der Waals surface area contributed by atoms with Crippen LogP contribution in [0.4, 0.5) is 5.95 Å². The van der Waals surface area contributed by atoms with E-state index in [2.05, 4.69) is 34.1 Å². The molecule has 0 radical (unpaired) electrons. The van der Waals surface area contributed by atoms with E-state index in [1.54, 1.807) is 24.3 Å². The zero-order valence-corrected chi connectivity index (χ0v) is 24.7. The molecule has 0 unspecified atom stereocenters. The number of nitrogens with zero attached hydrogens (tertiary/aromatic N) is 4. The van der Waals surface area contributed by atoms with Crippen LogP contribution in [0.5, 0.6) is 5.75 Å². The molecule has 1 saturated heterocycles. The molecule has 1 aromatic heterocycles. The van der Waals surface area contributed by atoms with Crippen LogP contribution in [0.3, 0.4) is 0 Å². The van der Waals surface area contributed by atoms with E-state index in [4.69, 9.17) is 21.3 Å². The van der Waals surface area contributed by atoms with Gasteiger partial charge in [0.25, 0.3) is 5.91 Å². The maximum Gasteiger partial charge on any atom is 0.323 e. The van der Waals surface area contributed by atoms with E-state index in [0.717, 1.165) is 37.9 Å². The van der Waals surface area contributed by atoms with Gasteiger partial charge in [-0.3, -0.25) is 9.59 Å². The Bertz CT molecular complexity index is 1490. The van der Waals surface area contributed by atoms with Crippen LogP contribution in [0.1, 0.15) is 40.0 Å². The van der Waals surface area contributed by atoms with Gasteiger partial charge in [0, 0.05) is 30.9 Å². The van der Waals surface area contributed by atoms with Gasteiger partial charge in [-0.1, -0.05) is 72.3 Å². The van der Waals surface area contributed by atoms with Crippen LogP contribution in [0.25, 0.3) is 0 Å². The van der Waals surface area contributed by atoms with Crippen molar-refractivity contribution in [3.05, 3.63) is 119 Å². The van der Waals surface area contributed by atoms with Gasteiger partial charge >= 0.3 is 5.97 Å². The molecule has 3 aromatic carbocycles. The fourth-order valence-corrected chi connectivity index (χ4v) is 5.44. The second-order valence-electron chi connectivity index (χ2n) is 10.7. The van der Waals surface area contributed by atoms with E-state index < -0.39 is 18.4 Å². The minimum absolute atomic E-state index is 0.0162. The Kier molecular flexibility index (Phi) is 10.2. The number of carbonyl (C=O) groups is 2. The number of carbonyl (C=O) groups excluding carboxylic acids is 1. The first kappa shape index (κ1) is 30.0. The number of benzene rings is 3. The van der Waals surface area contributed by atoms with Crippen LogP contribution in [-0.4, -0.2) is 58.0 Å². The van der Waals surface area contributed by atoms with Crippen molar-refractivity contribution in [3.8, 4) is 5.75 Å². The SMILES string of the molecule is O=C(O)CN(CCc1ccccc1)C(=O)c1cnc(N2CCC(Cc3ccccc3)CC2)nc1COc1ccc(Cl)cc1. The third-order valence-corrected chi connectivity index (χ3v) is 7.92. The maximum atomic E-state index is 13.8. The Hall–Kier alpha value is -4.43. The molecule has 1 fully saturated rings. The average Bonchev–Trinajstić information content (AvgIpc) is 3.03. The summed E-state index contributed by atoms with van der Waals surface area (Å²) in [5.74, 6) is 0.175. The van der Waals surface area contributed by atoms with E-state index >= 15 is 0 Å². The molecule has 4 aromatic rings. The molecule has 1 aliphatic rings. The number of hydrogen-bond donors (Lipinski definition) is 1. The Morgan fingerprint density at radius 2 is 1.58 bits per heavy atom. The quantitative estimate of drug-likeness (QED) is 0.216. The predicted octanol–water partition coefficient (Wildman–Crippen LogP) is 5.94. The van der Waals surface area contributed by atoms with Crippen molar-refractivity contribution in [3.63, 3.8) is 0 Å². The van der Waals surface area contributed by atoms with E-state index in [1.807, 2.05) is 36.4 Å². The number of halogens is 1. The van der Waals surface area contributed by atoms with E-state index in [-0.39, 0.29) is 18.7 Å². The maximum absolute atomic E-state index is 13.8. The lowest BCUT2D eigenvalue weighted by Gasteiger charge is -2.32. The molecule has 1 amide bonds. The number of anilines is 1. The number of aromatic nitrogens is 2. The van der Waals surface area contributed by atoms with Gasteiger partial charge < -0.3 is 19.6 Å². The second kappa shape index (κ2) is 14.6. The van der Waals surface area contributed by atoms with Crippen LogP contribution in [0.15, 0.2) is 91.1 Å². The Balaban J connectivity index is 1.34. The number of ether oxygens (including phenoxy) is 1. The van der Waals surface area contributed by atoms with Gasteiger partial charge in [0.05, 0.1) is 11.3 Å². The Morgan fingerprint density at radius 3 is 2.23 bits per heavy atom. The van der Waals surface area contributed by atoms with Crippen molar-refractivity contribution in [1.29, 1.82) is 0 Å². The summed E-state index contributed by atoms with van der Waals surface area (Å²) in [6, 6.07) is 27.2. The highest BCUT2D eigenvalue weighted by Crippen LogP contribution is 2.25. The van der Waals surface area contributed by atoms with Crippen molar-refractivity contribution < 1.29 is 19.4 Å². The monoisotopic (exact) mass is 598 g/mol. The van der Waals surface area contributed by atoms with Gasteiger partial charge in [0.2, 0.25) is 5.95 Å². The summed E-state index contributed by atoms with van der Waals surface area (Å²) in [7, 11) is 0. The molecule has 0 atom stereocenters. The number of amides is 1. The molecule has 5 rings (SSSR count). The van der Waals surface area contributed by atoms with Crippen molar-refractivity contribution in [2.24, 2.45) is 5.92 Å². The highest BCUT2D eigenvalue weighted by Gasteiger charge is 2.26. The molecule has 0 aliphatic carbocycles. The van der Waals surface area contributed by atoms with Gasteiger partial charge in [-0.05, 0) is 67.0 Å². The molecule has 222 valence electrons. The molecule has 2 heterocycles. The first-order valence-electron chi connectivity index (χ1n) is 14.5. The van der Waals surface area contributed by atoms with Gasteiger partial charge in [0.15, 0.2) is 0 Å². The number of rotatable bonds is 12. The number of aliphatic carboxylic acids is 1. The van der Waals surface area contributed by atoms with Crippen molar-refractivity contribution >= 4 is 29.4 Å². The molecule has 0 bridgehead atoms. The third-order valence-electron chi connectivity index (χ3n) is 7.67. The minimum atomic E-state index is -1.09. The minimum Gasteiger partial charge on any atom is -0.487 e. The highest BCUT2D eigenvalue weighted by molar-refractivity contribution is 6.30. The number of hydrogen-bond acceptors (Lipinski definition) is 6. The predicted molar refractivity (Wildman–Crippen MR) is 167 cm³/mol. The average molecular weight is 599 g/mol. The number of carboxylic acids is 1. The van der Waals surface area contributed by atoms with E-state index in [9.17, 15) is 14.7 Å². The summed E-state index contributed by atoms with van der Waals surface area (Å²) in [6.45, 7) is 1.44. The number of piperidine rings is 1. The Labute approximate surface area is 256 Å². The second-order valence-corrected chi connectivity index (χ2v) is 11.2. The normalized spacial score (nSPS) is 13.5. The van der Waals surface area contributed by atoms with Gasteiger partial charge in [-0.2, -0.15) is 0 Å². The molecule has 1 aliphatic heterocycles. The molecular weight excluding hydrogens is 564 g/mol. The molecule has 0 saturated carbocycles. The summed E-state index contributed by atoms with van der Waals surface area (Å²) in [5.41, 5.74) is 3.00. The first-order chi connectivity index (χ1) is 20.9. The van der Waals surface area contributed by atoms with Crippen molar-refractivity contribution in [1.82, 2.24) is 14.9 Å². The summed E-state index contributed by atoms with van der Waals surface area (Å²) < 4.78 is 6.00. The summed E-state index contributed by atoms with van der Waals surface area (Å²) >= 11 is 6.03. The van der Waals surface area contributed by atoms with Crippen LogP contribution in [0.2, 0.25) is 5.02 Å². The van der Waals surface area contributed by atoms with E-state index in [0.29, 0.717) is 34.8 Å². The summed E-state index contributed by atoms with van der Waals surface area (Å²) in [4.78, 5) is 38.4. The van der Waals surface area contributed by atoms with Crippen molar-refractivity contribution in [2.45, 2.75) is 32.3 Å². The molecule has 43 heavy (non-hydrogen) atoms. The standard InChI is InChI=1S/C34H35ClN4O4/c35-28-11-13-29(14-12-28)43-24-31-30(33(42)39(23-32(40)41)20-15-25-7-3-1-4-8-25)22-36-34(37-31)38-18-16-27(17-19-38)21-26-9-5-2-6-10-26/h1-14,22,27H,15-21,23-24H2,(H,40,41). The van der Waals surface area contributed by atoms with Crippen LogP contribution in [-0.2, 0) is 24.2 Å². The van der Waals surface area contributed by atoms with Gasteiger partial charge in [-0.25, -0.2) is 9.97 Å². The van der Waals surface area contributed by atoms with Crippen LogP contribution >= 0.6 is 11.6 Å². The van der Waals surface area contributed by atoms with Gasteiger partial charge in [0.1, 0.15) is 18.9 Å². The molecule has 1 N–H and O–H groups in total. The molecule has 8 nitrogen and oxygen atoms in total. The molecule has 0 spiro atoms. The Morgan fingerprint density at radius 1 is 0.930 bits per heavy atom. The molecular formula is C34H35ClN4O4. The number of carboxylic acid groups (broad SMARTS) is 1. The third kappa shape index (κ3) is 8.55. The lowest BCUT2D eigenvalue weighted by atomic mass is 9.90. The lowest BCUT2D eigenvalue weighted by molar-refractivity contribution is -0.137. The van der Waals surface area contributed by atoms with E-state index in [1.165, 1.54) is 16.7 Å². The smallest absolute Gasteiger partial charge is 0.323 e. The van der Waals surface area contributed by atoms with Crippen LogP contribution < -0.4 is 9.64 Å². The fourth-order valence-electron chi connectivity index (χ4n) is 5.31. The fraction of sp³-hybridized carbons (Fsp3) is 0.294. The highest BCUT2D eigenvalue weighted by atomic mass is 35.5. The van der Waals surface area contributed by atoms with Gasteiger partial charge in [-0.15, -0.1) is 0 Å². The topological polar surface area (TPSA) is 95.9 Å². The molecule has 9 heteroatoms. The van der Waals surface area contributed by atoms with Crippen LogP contribution in [0, 0.1) is 5.92 Å². The summed E-state index contributed by atoms with van der Waals surface area (Å²) in [5, 5.41) is 10.2. The largest absolute Gasteiger partial charge is 0.487 e. The zero-order valence-electron chi connectivity index (χ0n) is 23.9. The lowest BCUT2D eigenvalue weighted by Crippen LogP contribution is -2.39. The van der Waals surface area contributed by atoms with Crippen molar-refractivity contribution in [2.75, 3.05) is 31.1 Å².